The van der Waals surface area contributed by atoms with Crippen LogP contribution < -0.4 is 21.7 Å². The van der Waals surface area contributed by atoms with Crippen LogP contribution in [0.3, 0.4) is 0 Å². The molecule has 0 spiro atoms. The van der Waals surface area contributed by atoms with E-state index in [1.54, 1.807) is 0 Å². The molecule has 1 saturated heterocycles. The monoisotopic (exact) mass is 372 g/mol. The van der Waals surface area contributed by atoms with E-state index in [2.05, 4.69) is 16.0 Å². The van der Waals surface area contributed by atoms with Crippen LogP contribution in [-0.4, -0.2) is 64.5 Å². The molecule has 1 heterocycles. The topological polar surface area (TPSA) is 188 Å². The normalized spacial score (nSPS) is 18.5. The fourth-order valence-corrected chi connectivity index (χ4v) is 2.53. The highest BCUT2D eigenvalue weighted by Gasteiger charge is 2.30. The van der Waals surface area contributed by atoms with E-state index in [0.717, 1.165) is 6.42 Å². The third-order valence-corrected chi connectivity index (χ3v) is 3.95. The number of hydrogen-bond acceptors (Lipinski definition) is 6. The van der Waals surface area contributed by atoms with Gasteiger partial charge in [-0.25, -0.2) is 4.79 Å². The molecular weight excluding hydrogens is 348 g/mol. The minimum atomic E-state index is -1.37. The van der Waals surface area contributed by atoms with Crippen molar-refractivity contribution in [2.75, 3.05) is 6.54 Å². The van der Waals surface area contributed by atoms with E-state index in [-0.39, 0.29) is 25.7 Å². The first-order valence-corrected chi connectivity index (χ1v) is 8.27. The Labute approximate surface area is 149 Å². The van der Waals surface area contributed by atoms with Crippen molar-refractivity contribution in [1.82, 2.24) is 16.0 Å². The van der Waals surface area contributed by atoms with Gasteiger partial charge in [0.05, 0.1) is 6.04 Å². The van der Waals surface area contributed by atoms with Gasteiger partial charge in [-0.3, -0.25) is 19.2 Å². The highest BCUT2D eigenvalue weighted by atomic mass is 16.4. The summed E-state index contributed by atoms with van der Waals surface area (Å²) >= 11 is 0. The zero-order valence-corrected chi connectivity index (χ0v) is 14.2. The molecule has 0 aromatic carbocycles. The van der Waals surface area contributed by atoms with Crippen molar-refractivity contribution in [2.24, 2.45) is 5.73 Å². The molecule has 0 radical (unpaired) electrons. The van der Waals surface area contributed by atoms with E-state index in [1.165, 1.54) is 0 Å². The SMILES string of the molecule is NC(=O)CC[C@H](NC(=O)[C@H](CCC(=O)O)NC(=O)[C@@H]1CCCN1)C(=O)O. The smallest absolute Gasteiger partial charge is 0.326 e. The quantitative estimate of drug-likeness (QED) is 0.238. The number of amides is 3. The number of primary amides is 1. The lowest BCUT2D eigenvalue weighted by molar-refractivity contribution is -0.143. The first-order chi connectivity index (χ1) is 12.2. The van der Waals surface area contributed by atoms with Gasteiger partial charge in [0.1, 0.15) is 12.1 Å². The lowest BCUT2D eigenvalue weighted by Gasteiger charge is -2.22. The van der Waals surface area contributed by atoms with Crippen molar-refractivity contribution < 1.29 is 34.2 Å². The van der Waals surface area contributed by atoms with Gasteiger partial charge in [0, 0.05) is 12.8 Å². The average molecular weight is 372 g/mol. The number of carbonyl (C=O) groups is 5. The molecule has 11 nitrogen and oxygen atoms in total. The fraction of sp³-hybridized carbons (Fsp3) is 0.667. The van der Waals surface area contributed by atoms with Crippen molar-refractivity contribution in [3.8, 4) is 0 Å². The van der Waals surface area contributed by atoms with Gasteiger partial charge in [-0.15, -0.1) is 0 Å². The Bertz CT molecular complexity index is 560. The molecular formula is C15H24N4O7. The van der Waals surface area contributed by atoms with Crippen LogP contribution in [0, 0.1) is 0 Å². The number of nitrogens with one attached hydrogen (secondary N) is 3. The molecule has 0 bridgehead atoms. The molecule has 11 heteroatoms. The summed E-state index contributed by atoms with van der Waals surface area (Å²) in [6, 6.07) is -3.04. The summed E-state index contributed by atoms with van der Waals surface area (Å²) in [5.41, 5.74) is 4.97. The highest BCUT2D eigenvalue weighted by molar-refractivity contribution is 5.92. The molecule has 1 rings (SSSR count). The van der Waals surface area contributed by atoms with E-state index < -0.39 is 47.8 Å². The van der Waals surface area contributed by atoms with E-state index in [4.69, 9.17) is 15.9 Å². The zero-order valence-electron chi connectivity index (χ0n) is 14.2. The fourth-order valence-electron chi connectivity index (χ4n) is 2.53. The van der Waals surface area contributed by atoms with Gasteiger partial charge in [0.25, 0.3) is 0 Å². The van der Waals surface area contributed by atoms with E-state index >= 15 is 0 Å². The van der Waals surface area contributed by atoms with Crippen LogP contribution in [0.2, 0.25) is 0 Å². The molecule has 146 valence electrons. The van der Waals surface area contributed by atoms with Gasteiger partial charge < -0.3 is 31.9 Å². The number of carboxylic acids is 2. The Morgan fingerprint density at radius 2 is 1.69 bits per heavy atom. The predicted molar refractivity (Wildman–Crippen MR) is 87.8 cm³/mol. The molecule has 0 aromatic rings. The van der Waals surface area contributed by atoms with Crippen LogP contribution in [0.1, 0.15) is 38.5 Å². The van der Waals surface area contributed by atoms with Crippen LogP contribution in [0.15, 0.2) is 0 Å². The number of carbonyl (C=O) groups excluding carboxylic acids is 3. The van der Waals surface area contributed by atoms with Crippen LogP contribution in [-0.2, 0) is 24.0 Å². The van der Waals surface area contributed by atoms with Crippen molar-refractivity contribution in [3.63, 3.8) is 0 Å². The van der Waals surface area contributed by atoms with Crippen LogP contribution in [0.25, 0.3) is 0 Å². The Morgan fingerprint density at radius 3 is 2.19 bits per heavy atom. The maximum atomic E-state index is 12.3. The lowest BCUT2D eigenvalue weighted by atomic mass is 10.1. The predicted octanol–water partition coefficient (Wildman–Crippen LogP) is -2.08. The number of hydrogen-bond donors (Lipinski definition) is 6. The summed E-state index contributed by atoms with van der Waals surface area (Å²) in [6.45, 7) is 0.665. The molecule has 3 amide bonds. The summed E-state index contributed by atoms with van der Waals surface area (Å²) in [4.78, 5) is 57.3. The minimum absolute atomic E-state index is 0.193. The highest BCUT2D eigenvalue weighted by Crippen LogP contribution is 2.07. The summed E-state index contributed by atoms with van der Waals surface area (Å²) in [6.07, 6.45) is 0.376. The van der Waals surface area contributed by atoms with Crippen molar-refractivity contribution >= 4 is 29.7 Å². The van der Waals surface area contributed by atoms with Crippen LogP contribution >= 0.6 is 0 Å². The summed E-state index contributed by atoms with van der Waals surface area (Å²) in [5.74, 6) is -4.50. The lowest BCUT2D eigenvalue weighted by Crippen LogP contribution is -2.54. The second-order valence-electron chi connectivity index (χ2n) is 6.05. The first-order valence-electron chi connectivity index (χ1n) is 8.27. The Kier molecular flexibility index (Phi) is 8.49. The largest absolute Gasteiger partial charge is 0.481 e. The van der Waals surface area contributed by atoms with Crippen molar-refractivity contribution in [3.05, 3.63) is 0 Å². The second kappa shape index (κ2) is 10.3. The third kappa shape index (κ3) is 7.47. The number of carboxylic acid groups (broad SMARTS) is 2. The molecule has 7 N–H and O–H groups in total. The van der Waals surface area contributed by atoms with Crippen LogP contribution in [0.4, 0.5) is 0 Å². The molecule has 0 aromatic heterocycles. The second-order valence-corrected chi connectivity index (χ2v) is 6.05. The number of rotatable bonds is 11. The van der Waals surface area contributed by atoms with Gasteiger partial charge >= 0.3 is 11.9 Å². The average Bonchev–Trinajstić information content (AvgIpc) is 3.08. The zero-order chi connectivity index (χ0) is 19.7. The number of nitrogens with two attached hydrogens (primary N) is 1. The molecule has 0 unspecified atom stereocenters. The minimum Gasteiger partial charge on any atom is -0.481 e. The Morgan fingerprint density at radius 1 is 1.04 bits per heavy atom. The molecule has 0 aliphatic carbocycles. The number of aliphatic carboxylic acids is 2. The van der Waals surface area contributed by atoms with E-state index in [1.807, 2.05) is 0 Å². The van der Waals surface area contributed by atoms with Crippen molar-refractivity contribution in [2.45, 2.75) is 56.7 Å². The molecule has 26 heavy (non-hydrogen) atoms. The van der Waals surface area contributed by atoms with E-state index in [0.29, 0.717) is 13.0 Å². The summed E-state index contributed by atoms with van der Waals surface area (Å²) in [5, 5.41) is 25.6. The van der Waals surface area contributed by atoms with Crippen LogP contribution in [0.5, 0.6) is 0 Å². The molecule has 1 aliphatic rings. The summed E-state index contributed by atoms with van der Waals surface area (Å²) in [7, 11) is 0. The van der Waals surface area contributed by atoms with E-state index in [9.17, 15) is 24.0 Å². The molecule has 3 atom stereocenters. The standard InChI is InChI=1S/C15H24N4O7/c16-11(20)5-3-10(15(25)26)19-14(24)9(4-6-12(21)22)18-13(23)8-2-1-7-17-8/h8-10,17H,1-7H2,(H2,16,20)(H,18,23)(H,19,24)(H,21,22)(H,25,26)/t8-,9-,10-/m0/s1. The molecule has 1 fully saturated rings. The molecule has 0 saturated carbocycles. The first kappa shape index (κ1) is 21.4. The third-order valence-electron chi connectivity index (χ3n) is 3.95. The summed E-state index contributed by atoms with van der Waals surface area (Å²) < 4.78 is 0. The maximum Gasteiger partial charge on any atom is 0.326 e. The van der Waals surface area contributed by atoms with Gasteiger partial charge in [-0.05, 0) is 32.2 Å². The Balaban J connectivity index is 2.73. The van der Waals surface area contributed by atoms with Gasteiger partial charge in [-0.1, -0.05) is 0 Å². The van der Waals surface area contributed by atoms with Crippen molar-refractivity contribution in [1.29, 1.82) is 0 Å². The molecule has 1 aliphatic heterocycles. The van der Waals surface area contributed by atoms with Gasteiger partial charge in [-0.2, -0.15) is 0 Å². The Hall–Kier alpha value is -2.69. The van der Waals surface area contributed by atoms with Gasteiger partial charge in [0.15, 0.2) is 0 Å². The maximum absolute atomic E-state index is 12.3. The van der Waals surface area contributed by atoms with Gasteiger partial charge in [0.2, 0.25) is 17.7 Å².